The summed E-state index contributed by atoms with van der Waals surface area (Å²) in [5.74, 6) is 1.29. The highest BCUT2D eigenvalue weighted by Gasteiger charge is 2.34. The Morgan fingerprint density at radius 2 is 1.93 bits per heavy atom. The number of benzene rings is 2. The molecule has 0 unspecified atom stereocenters. The predicted octanol–water partition coefficient (Wildman–Crippen LogP) is 6.46. The molecule has 0 aliphatic carbocycles. The van der Waals surface area contributed by atoms with Crippen LogP contribution in [0.15, 0.2) is 79.5 Å². The molecule has 1 aliphatic heterocycles. The highest BCUT2D eigenvalue weighted by molar-refractivity contribution is 14.1. The van der Waals surface area contributed by atoms with E-state index in [0.29, 0.717) is 22.4 Å². The number of ether oxygens (including phenoxy) is 1. The molecule has 0 radical (unpaired) electrons. The summed E-state index contributed by atoms with van der Waals surface area (Å²) >= 11 is 6.88. The van der Waals surface area contributed by atoms with Crippen molar-refractivity contribution in [2.45, 2.75) is 6.54 Å². The smallest absolute Gasteiger partial charge is 0.267 e. The monoisotopic (exact) mass is 594 g/mol. The Kier molecular flexibility index (Phi) is 6.64. The number of carbonyl (C=O) groups is 1. The van der Waals surface area contributed by atoms with Gasteiger partial charge in [0.05, 0.1) is 28.7 Å². The van der Waals surface area contributed by atoms with E-state index in [4.69, 9.17) is 14.1 Å². The van der Waals surface area contributed by atoms with Gasteiger partial charge in [0.15, 0.2) is 8.93 Å². The number of thioether (sulfide) groups is 1. The van der Waals surface area contributed by atoms with E-state index in [9.17, 15) is 4.79 Å². The van der Waals surface area contributed by atoms with E-state index in [1.54, 1.807) is 18.1 Å². The minimum absolute atomic E-state index is 0.104. The summed E-state index contributed by atoms with van der Waals surface area (Å²) < 4.78 is 12.5. The van der Waals surface area contributed by atoms with Crippen LogP contribution in [0.1, 0.15) is 11.3 Å². The van der Waals surface area contributed by atoms with Crippen LogP contribution in [0.5, 0.6) is 5.75 Å². The normalized spacial score (nSPS) is 16.6. The first-order chi connectivity index (χ1) is 14.5. The molecule has 2 heterocycles. The molecule has 1 aliphatic rings. The third-order valence-corrected chi connectivity index (χ3v) is 7.44. The SMILES string of the molecule is COc1ccc(CN2C(=O)/C(=C/c3cc(Br)c(I)o3)SC2=Nc2ccccc2)cc1. The van der Waals surface area contributed by atoms with Crippen LogP contribution in [-0.4, -0.2) is 23.1 Å². The van der Waals surface area contributed by atoms with Gasteiger partial charge in [0.2, 0.25) is 0 Å². The Balaban J connectivity index is 1.67. The fraction of sp³-hybridized carbons (Fsp3) is 0.0909. The molecule has 1 amide bonds. The number of methoxy groups -OCH3 is 1. The van der Waals surface area contributed by atoms with Crippen LogP contribution < -0.4 is 4.74 Å². The van der Waals surface area contributed by atoms with Crippen LogP contribution in [0.3, 0.4) is 0 Å². The molecule has 30 heavy (non-hydrogen) atoms. The molecule has 8 heteroatoms. The van der Waals surface area contributed by atoms with Gasteiger partial charge in [0.1, 0.15) is 11.5 Å². The Bertz CT molecular complexity index is 1110. The van der Waals surface area contributed by atoms with Crippen LogP contribution >= 0.6 is 50.3 Å². The van der Waals surface area contributed by atoms with Gasteiger partial charge in [-0.3, -0.25) is 9.69 Å². The minimum atomic E-state index is -0.104. The largest absolute Gasteiger partial charge is 0.497 e. The Morgan fingerprint density at radius 1 is 1.20 bits per heavy atom. The quantitative estimate of drug-likeness (QED) is 0.251. The number of hydrogen-bond acceptors (Lipinski definition) is 5. The number of hydrogen-bond donors (Lipinski definition) is 0. The molecule has 0 bridgehead atoms. The first kappa shape index (κ1) is 21.2. The Labute approximate surface area is 200 Å². The number of halogens is 2. The summed E-state index contributed by atoms with van der Waals surface area (Å²) in [5, 5.41) is 0.633. The third kappa shape index (κ3) is 4.81. The van der Waals surface area contributed by atoms with E-state index in [-0.39, 0.29) is 5.91 Å². The highest BCUT2D eigenvalue weighted by Crippen LogP contribution is 2.36. The highest BCUT2D eigenvalue weighted by atomic mass is 127. The molecule has 5 nitrogen and oxygen atoms in total. The molecule has 3 aromatic rings. The van der Waals surface area contributed by atoms with Crippen molar-refractivity contribution in [3.05, 3.63) is 85.1 Å². The van der Waals surface area contributed by atoms with Crippen molar-refractivity contribution >= 4 is 73.1 Å². The molecular formula is C22H16BrIN2O3S. The van der Waals surface area contributed by atoms with Gasteiger partial charge in [-0.05, 0) is 63.6 Å². The standard InChI is InChI=1S/C22H16BrIN2O3S/c1-28-16-9-7-14(8-10-16)13-26-21(27)19(12-17-11-18(23)20(24)29-17)30-22(26)25-15-5-3-2-4-6-15/h2-12H,13H2,1H3/b19-12-,25-22?. The topological polar surface area (TPSA) is 55.0 Å². The fourth-order valence-electron chi connectivity index (χ4n) is 2.82. The lowest BCUT2D eigenvalue weighted by atomic mass is 10.2. The maximum atomic E-state index is 13.2. The number of amides is 1. The zero-order chi connectivity index (χ0) is 21.1. The first-order valence-electron chi connectivity index (χ1n) is 8.96. The summed E-state index contributed by atoms with van der Waals surface area (Å²) in [6.45, 7) is 0.415. The molecule has 1 fully saturated rings. The van der Waals surface area contributed by atoms with E-state index in [2.05, 4.69) is 38.5 Å². The molecule has 0 N–H and O–H groups in total. The molecule has 152 valence electrons. The van der Waals surface area contributed by atoms with Crippen molar-refractivity contribution in [1.29, 1.82) is 0 Å². The fourth-order valence-corrected chi connectivity index (χ4v) is 4.52. The van der Waals surface area contributed by atoms with Gasteiger partial charge >= 0.3 is 0 Å². The van der Waals surface area contributed by atoms with Gasteiger partial charge < -0.3 is 9.15 Å². The van der Waals surface area contributed by atoms with E-state index < -0.39 is 0 Å². The zero-order valence-corrected chi connectivity index (χ0v) is 20.4. The number of nitrogens with zero attached hydrogens (tertiary/aromatic N) is 2. The van der Waals surface area contributed by atoms with Crippen LogP contribution in [0.4, 0.5) is 5.69 Å². The lowest BCUT2D eigenvalue weighted by Crippen LogP contribution is -2.28. The van der Waals surface area contributed by atoms with Crippen molar-refractivity contribution in [3.8, 4) is 5.75 Å². The van der Waals surface area contributed by atoms with E-state index in [1.165, 1.54) is 11.8 Å². The van der Waals surface area contributed by atoms with Crippen LogP contribution in [0.2, 0.25) is 0 Å². The predicted molar refractivity (Wildman–Crippen MR) is 132 cm³/mol. The lowest BCUT2D eigenvalue weighted by Gasteiger charge is -2.16. The van der Waals surface area contributed by atoms with Crippen LogP contribution in [-0.2, 0) is 11.3 Å². The molecule has 0 saturated carbocycles. The van der Waals surface area contributed by atoms with Gasteiger partial charge in [-0.25, -0.2) is 4.99 Å². The molecule has 1 saturated heterocycles. The molecular weight excluding hydrogens is 579 g/mol. The van der Waals surface area contributed by atoms with Crippen molar-refractivity contribution in [2.75, 3.05) is 7.11 Å². The summed E-state index contributed by atoms with van der Waals surface area (Å²) in [7, 11) is 1.63. The van der Waals surface area contributed by atoms with Crippen molar-refractivity contribution in [2.24, 2.45) is 4.99 Å². The minimum Gasteiger partial charge on any atom is -0.497 e. The maximum Gasteiger partial charge on any atom is 0.267 e. The van der Waals surface area contributed by atoms with Crippen molar-refractivity contribution in [3.63, 3.8) is 0 Å². The molecule has 2 aromatic carbocycles. The van der Waals surface area contributed by atoms with E-state index in [1.807, 2.05) is 60.7 Å². The summed E-state index contributed by atoms with van der Waals surface area (Å²) in [6.07, 6.45) is 1.76. The van der Waals surface area contributed by atoms with Crippen molar-refractivity contribution < 1.29 is 13.9 Å². The lowest BCUT2D eigenvalue weighted by molar-refractivity contribution is -0.122. The number of carbonyl (C=O) groups excluding carboxylic acids is 1. The Morgan fingerprint density at radius 3 is 2.57 bits per heavy atom. The number of rotatable bonds is 5. The van der Waals surface area contributed by atoms with Gasteiger partial charge in [0.25, 0.3) is 5.91 Å². The van der Waals surface area contributed by atoms with E-state index >= 15 is 0 Å². The second-order valence-corrected chi connectivity index (χ2v) is 9.19. The molecule has 0 spiro atoms. The zero-order valence-electron chi connectivity index (χ0n) is 15.8. The molecule has 1 aromatic heterocycles. The maximum absolute atomic E-state index is 13.2. The van der Waals surface area contributed by atoms with Crippen molar-refractivity contribution in [1.82, 2.24) is 4.90 Å². The summed E-state index contributed by atoms with van der Waals surface area (Å²) in [4.78, 5) is 20.2. The van der Waals surface area contributed by atoms with Gasteiger partial charge in [0, 0.05) is 28.7 Å². The average molecular weight is 595 g/mol. The van der Waals surface area contributed by atoms with Gasteiger partial charge in [-0.15, -0.1) is 0 Å². The first-order valence-corrected chi connectivity index (χ1v) is 11.7. The van der Waals surface area contributed by atoms with E-state index in [0.717, 1.165) is 25.2 Å². The number of amidine groups is 1. The van der Waals surface area contributed by atoms with Crippen LogP contribution in [0, 0.1) is 3.77 Å². The summed E-state index contributed by atoms with van der Waals surface area (Å²) in [5.41, 5.74) is 1.78. The number of para-hydroxylation sites is 1. The molecule has 0 atom stereocenters. The second kappa shape index (κ2) is 9.40. The molecule has 4 rings (SSSR count). The second-order valence-electron chi connectivity index (χ2n) is 6.35. The number of aliphatic imine (C=N–C) groups is 1. The average Bonchev–Trinajstić information content (AvgIpc) is 3.22. The Hall–Kier alpha value is -2.04. The van der Waals surface area contributed by atoms with Gasteiger partial charge in [-0.2, -0.15) is 0 Å². The third-order valence-electron chi connectivity index (χ3n) is 4.31. The summed E-state index contributed by atoms with van der Waals surface area (Å²) in [6, 6.07) is 19.1. The van der Waals surface area contributed by atoms with Crippen LogP contribution in [0.25, 0.3) is 6.08 Å². The number of furan rings is 1. The van der Waals surface area contributed by atoms with Gasteiger partial charge in [-0.1, -0.05) is 30.3 Å².